The van der Waals surface area contributed by atoms with Gasteiger partial charge in [-0.15, -0.1) is 10.2 Å². The second kappa shape index (κ2) is 7.80. The SMILES string of the molecule is CCn1c(SCc2ccc(Cl)nc2)nnc1-c1ccc(C(C)(C)C)cc1. The van der Waals surface area contributed by atoms with E-state index in [0.29, 0.717) is 5.15 Å². The largest absolute Gasteiger partial charge is 0.302 e. The quantitative estimate of drug-likeness (QED) is 0.422. The van der Waals surface area contributed by atoms with Crippen molar-refractivity contribution in [2.45, 2.75) is 50.6 Å². The third kappa shape index (κ3) is 4.27. The Kier molecular flexibility index (Phi) is 5.68. The van der Waals surface area contributed by atoms with Crippen molar-refractivity contribution in [1.82, 2.24) is 19.7 Å². The van der Waals surface area contributed by atoms with Crippen molar-refractivity contribution in [1.29, 1.82) is 0 Å². The van der Waals surface area contributed by atoms with E-state index in [-0.39, 0.29) is 5.41 Å². The predicted octanol–water partition coefficient (Wildman–Crippen LogP) is 5.60. The molecule has 1 aromatic carbocycles. The smallest absolute Gasteiger partial charge is 0.191 e. The Morgan fingerprint density at radius 2 is 1.77 bits per heavy atom. The van der Waals surface area contributed by atoms with Crippen LogP contribution < -0.4 is 0 Å². The summed E-state index contributed by atoms with van der Waals surface area (Å²) in [7, 11) is 0. The average molecular weight is 387 g/mol. The zero-order valence-electron chi connectivity index (χ0n) is 15.5. The van der Waals surface area contributed by atoms with Crippen molar-refractivity contribution in [3.8, 4) is 11.4 Å². The van der Waals surface area contributed by atoms with E-state index >= 15 is 0 Å². The van der Waals surface area contributed by atoms with Crippen molar-refractivity contribution in [2.75, 3.05) is 0 Å². The van der Waals surface area contributed by atoms with Crippen LogP contribution in [0.4, 0.5) is 0 Å². The summed E-state index contributed by atoms with van der Waals surface area (Å²) in [6, 6.07) is 12.4. The van der Waals surface area contributed by atoms with Gasteiger partial charge in [0.2, 0.25) is 0 Å². The Balaban J connectivity index is 1.80. The summed E-state index contributed by atoms with van der Waals surface area (Å²) < 4.78 is 2.15. The molecule has 26 heavy (non-hydrogen) atoms. The van der Waals surface area contributed by atoms with Gasteiger partial charge in [-0.1, -0.05) is 74.5 Å². The number of aromatic nitrogens is 4. The first-order chi connectivity index (χ1) is 12.4. The molecule has 0 saturated heterocycles. The van der Waals surface area contributed by atoms with Gasteiger partial charge in [0.25, 0.3) is 0 Å². The van der Waals surface area contributed by atoms with Gasteiger partial charge in [0.15, 0.2) is 11.0 Å². The molecular weight excluding hydrogens is 364 g/mol. The molecule has 0 bridgehead atoms. The van der Waals surface area contributed by atoms with Crippen LogP contribution in [-0.2, 0) is 17.7 Å². The van der Waals surface area contributed by atoms with Crippen molar-refractivity contribution in [3.63, 3.8) is 0 Å². The van der Waals surface area contributed by atoms with Crippen LogP contribution >= 0.6 is 23.4 Å². The second-order valence-corrected chi connectivity index (χ2v) is 8.49. The van der Waals surface area contributed by atoms with Crippen molar-refractivity contribution in [2.24, 2.45) is 0 Å². The lowest BCUT2D eigenvalue weighted by Crippen LogP contribution is -2.10. The molecule has 0 amide bonds. The molecule has 0 aliphatic heterocycles. The molecule has 0 unspecified atom stereocenters. The normalized spacial score (nSPS) is 11.7. The minimum absolute atomic E-state index is 0.143. The highest BCUT2D eigenvalue weighted by Gasteiger charge is 2.16. The molecule has 6 heteroatoms. The summed E-state index contributed by atoms with van der Waals surface area (Å²) in [5.74, 6) is 1.69. The van der Waals surface area contributed by atoms with Gasteiger partial charge in [-0.05, 0) is 29.5 Å². The third-order valence-corrected chi connectivity index (χ3v) is 5.46. The van der Waals surface area contributed by atoms with Crippen LogP contribution in [0.3, 0.4) is 0 Å². The van der Waals surface area contributed by atoms with Gasteiger partial charge in [-0.25, -0.2) is 4.98 Å². The van der Waals surface area contributed by atoms with Crippen molar-refractivity contribution in [3.05, 3.63) is 58.9 Å². The molecule has 0 radical (unpaired) electrons. The number of hydrogen-bond acceptors (Lipinski definition) is 4. The fourth-order valence-electron chi connectivity index (χ4n) is 2.65. The number of thioether (sulfide) groups is 1. The highest BCUT2D eigenvalue weighted by atomic mass is 35.5. The van der Waals surface area contributed by atoms with E-state index < -0.39 is 0 Å². The van der Waals surface area contributed by atoms with E-state index in [2.05, 4.69) is 71.7 Å². The molecule has 136 valence electrons. The topological polar surface area (TPSA) is 43.6 Å². The lowest BCUT2D eigenvalue weighted by molar-refractivity contribution is 0.590. The lowest BCUT2D eigenvalue weighted by Gasteiger charge is -2.19. The molecule has 0 saturated carbocycles. The van der Waals surface area contributed by atoms with E-state index in [0.717, 1.165) is 34.4 Å². The first-order valence-corrected chi connectivity index (χ1v) is 10.0. The molecule has 0 aliphatic rings. The number of nitrogens with zero attached hydrogens (tertiary/aromatic N) is 4. The van der Waals surface area contributed by atoms with Gasteiger partial charge in [0.05, 0.1) is 0 Å². The van der Waals surface area contributed by atoms with Crippen molar-refractivity contribution >= 4 is 23.4 Å². The van der Waals surface area contributed by atoms with Gasteiger partial charge < -0.3 is 4.57 Å². The fraction of sp³-hybridized carbons (Fsp3) is 0.350. The van der Waals surface area contributed by atoms with E-state index in [1.807, 2.05) is 12.1 Å². The predicted molar refractivity (Wildman–Crippen MR) is 109 cm³/mol. The zero-order chi connectivity index (χ0) is 18.7. The maximum atomic E-state index is 5.84. The van der Waals surface area contributed by atoms with Gasteiger partial charge in [-0.3, -0.25) is 0 Å². The molecule has 0 fully saturated rings. The monoisotopic (exact) mass is 386 g/mol. The molecule has 0 atom stereocenters. The van der Waals surface area contributed by atoms with Crippen LogP contribution in [0.15, 0.2) is 47.8 Å². The van der Waals surface area contributed by atoms with Crippen LogP contribution in [0.5, 0.6) is 0 Å². The maximum Gasteiger partial charge on any atom is 0.191 e. The number of halogens is 1. The minimum Gasteiger partial charge on any atom is -0.302 e. The summed E-state index contributed by atoms with van der Waals surface area (Å²) in [5, 5.41) is 10.3. The summed E-state index contributed by atoms with van der Waals surface area (Å²) >= 11 is 7.50. The molecule has 0 spiro atoms. The van der Waals surface area contributed by atoms with Crippen LogP contribution in [0, 0.1) is 0 Å². The Labute approximate surface area is 164 Å². The molecule has 3 aromatic rings. The Morgan fingerprint density at radius 1 is 1.04 bits per heavy atom. The molecule has 4 nitrogen and oxygen atoms in total. The van der Waals surface area contributed by atoms with Crippen LogP contribution in [-0.4, -0.2) is 19.7 Å². The average Bonchev–Trinajstić information content (AvgIpc) is 3.03. The number of pyridine rings is 1. The molecule has 3 rings (SSSR count). The summed E-state index contributed by atoms with van der Waals surface area (Å²) in [4.78, 5) is 4.12. The Morgan fingerprint density at radius 3 is 2.35 bits per heavy atom. The summed E-state index contributed by atoms with van der Waals surface area (Å²) in [6.45, 7) is 9.60. The first-order valence-electron chi connectivity index (χ1n) is 8.66. The van der Waals surface area contributed by atoms with E-state index in [9.17, 15) is 0 Å². The minimum atomic E-state index is 0.143. The molecule has 0 aliphatic carbocycles. The van der Waals surface area contributed by atoms with Crippen LogP contribution in [0.25, 0.3) is 11.4 Å². The molecule has 0 N–H and O–H groups in total. The van der Waals surface area contributed by atoms with Crippen LogP contribution in [0.1, 0.15) is 38.8 Å². The van der Waals surface area contributed by atoms with E-state index in [4.69, 9.17) is 11.6 Å². The third-order valence-electron chi connectivity index (χ3n) is 4.20. The lowest BCUT2D eigenvalue weighted by atomic mass is 9.87. The standard InChI is InChI=1S/C20H23ClN4S/c1-5-25-18(15-7-9-16(10-8-15)20(2,3)4)23-24-19(25)26-13-14-6-11-17(21)22-12-14/h6-12H,5,13H2,1-4H3. The van der Waals surface area contributed by atoms with Crippen molar-refractivity contribution < 1.29 is 0 Å². The van der Waals surface area contributed by atoms with Crippen LogP contribution in [0.2, 0.25) is 5.15 Å². The maximum absolute atomic E-state index is 5.84. The summed E-state index contributed by atoms with van der Waals surface area (Å²) in [5.41, 5.74) is 3.66. The van der Waals surface area contributed by atoms with E-state index in [1.54, 1.807) is 18.0 Å². The fourth-order valence-corrected chi connectivity index (χ4v) is 3.70. The molecular formula is C20H23ClN4S. The van der Waals surface area contributed by atoms with Gasteiger partial charge in [-0.2, -0.15) is 0 Å². The number of benzene rings is 1. The van der Waals surface area contributed by atoms with E-state index in [1.165, 1.54) is 5.56 Å². The van der Waals surface area contributed by atoms with Gasteiger partial charge >= 0.3 is 0 Å². The summed E-state index contributed by atoms with van der Waals surface area (Å²) in [6.07, 6.45) is 1.80. The molecule has 2 aromatic heterocycles. The Bertz CT molecular complexity index is 864. The Hall–Kier alpha value is -1.85. The number of rotatable bonds is 5. The second-order valence-electron chi connectivity index (χ2n) is 7.16. The first kappa shape index (κ1) is 18.9. The highest BCUT2D eigenvalue weighted by molar-refractivity contribution is 7.98. The van der Waals surface area contributed by atoms with Gasteiger partial charge in [0, 0.05) is 24.1 Å². The zero-order valence-corrected chi connectivity index (χ0v) is 17.1. The molecule has 2 heterocycles. The van der Waals surface area contributed by atoms with Gasteiger partial charge in [0.1, 0.15) is 5.15 Å². The number of hydrogen-bond donors (Lipinski definition) is 0. The highest BCUT2D eigenvalue weighted by Crippen LogP contribution is 2.28.